The largest absolute Gasteiger partial charge is 0.207 e. The molecular formula is C14H11FS. The van der Waals surface area contributed by atoms with Gasteiger partial charge in [-0.25, -0.2) is 4.39 Å². The molecule has 0 nitrogen and oxygen atoms in total. The van der Waals surface area contributed by atoms with Crippen molar-refractivity contribution < 1.29 is 4.39 Å². The molecule has 0 spiro atoms. The third-order valence-electron chi connectivity index (χ3n) is 2.91. The molecule has 3 rings (SSSR count). The van der Waals surface area contributed by atoms with E-state index < -0.39 is 0 Å². The van der Waals surface area contributed by atoms with Crippen molar-refractivity contribution >= 4 is 31.5 Å². The van der Waals surface area contributed by atoms with E-state index in [1.165, 1.54) is 15.0 Å². The van der Waals surface area contributed by atoms with Crippen molar-refractivity contribution in [3.8, 4) is 0 Å². The average Bonchev–Trinajstić information content (AvgIpc) is 2.55. The minimum Gasteiger partial charge on any atom is -0.207 e. The first-order valence-electron chi connectivity index (χ1n) is 5.24. The predicted octanol–water partition coefficient (Wildman–Crippen LogP) is 4.81. The quantitative estimate of drug-likeness (QED) is 0.520. The lowest BCUT2D eigenvalue weighted by atomic mass is 10.1. The second-order valence-corrected chi connectivity index (χ2v) is 5.28. The lowest BCUT2D eigenvalue weighted by Gasteiger charge is -1.96. The average molecular weight is 230 g/mol. The molecule has 16 heavy (non-hydrogen) atoms. The summed E-state index contributed by atoms with van der Waals surface area (Å²) in [6.45, 7) is 3.89. The molecule has 0 saturated heterocycles. The van der Waals surface area contributed by atoms with Crippen LogP contribution in [0.1, 0.15) is 11.1 Å². The number of aryl methyl sites for hydroxylation is 2. The zero-order chi connectivity index (χ0) is 11.3. The van der Waals surface area contributed by atoms with E-state index in [1.807, 2.05) is 13.0 Å². The fraction of sp³-hybridized carbons (Fsp3) is 0.143. The number of rotatable bonds is 0. The van der Waals surface area contributed by atoms with Gasteiger partial charge < -0.3 is 0 Å². The monoisotopic (exact) mass is 230 g/mol. The molecule has 80 valence electrons. The van der Waals surface area contributed by atoms with E-state index in [4.69, 9.17) is 0 Å². The molecule has 0 aliphatic rings. The van der Waals surface area contributed by atoms with Crippen molar-refractivity contribution in [2.45, 2.75) is 13.8 Å². The maximum absolute atomic E-state index is 13.5. The molecule has 0 unspecified atom stereocenters. The van der Waals surface area contributed by atoms with E-state index in [0.29, 0.717) is 0 Å². The van der Waals surface area contributed by atoms with E-state index in [1.54, 1.807) is 17.4 Å². The van der Waals surface area contributed by atoms with Gasteiger partial charge in [-0.3, -0.25) is 0 Å². The van der Waals surface area contributed by atoms with Crippen LogP contribution in [0.4, 0.5) is 4.39 Å². The van der Waals surface area contributed by atoms with Gasteiger partial charge in [-0.05, 0) is 43.2 Å². The standard InChI is InChI=1S/C14H11FS/c1-8-3-4-10-11-7-12(15)9(2)6-14(11)16-13(10)5-8/h3-7H,1-2H3. The van der Waals surface area contributed by atoms with Gasteiger partial charge in [-0.15, -0.1) is 11.3 Å². The molecule has 0 radical (unpaired) electrons. The first kappa shape index (κ1) is 9.79. The molecule has 3 aromatic rings. The SMILES string of the molecule is Cc1ccc2c(c1)sc1cc(C)c(F)cc12. The van der Waals surface area contributed by atoms with Crippen LogP contribution in [0.15, 0.2) is 30.3 Å². The molecule has 1 aromatic heterocycles. The van der Waals surface area contributed by atoms with E-state index in [9.17, 15) is 4.39 Å². The maximum atomic E-state index is 13.5. The number of benzene rings is 2. The fourth-order valence-corrected chi connectivity index (χ4v) is 3.29. The summed E-state index contributed by atoms with van der Waals surface area (Å²) in [6, 6.07) is 9.90. The third kappa shape index (κ3) is 1.34. The molecule has 0 amide bonds. The van der Waals surface area contributed by atoms with Crippen molar-refractivity contribution in [1.29, 1.82) is 0 Å². The number of thiophene rings is 1. The van der Waals surface area contributed by atoms with E-state index >= 15 is 0 Å². The Bertz CT molecular complexity index is 695. The van der Waals surface area contributed by atoms with Crippen LogP contribution < -0.4 is 0 Å². The summed E-state index contributed by atoms with van der Waals surface area (Å²) in [5.41, 5.74) is 1.96. The van der Waals surface area contributed by atoms with Crippen LogP contribution in [-0.2, 0) is 0 Å². The highest BCUT2D eigenvalue weighted by Gasteiger charge is 2.07. The van der Waals surface area contributed by atoms with Crippen molar-refractivity contribution in [1.82, 2.24) is 0 Å². The molecule has 2 aromatic carbocycles. The summed E-state index contributed by atoms with van der Waals surface area (Å²) in [4.78, 5) is 0. The van der Waals surface area contributed by atoms with Gasteiger partial charge in [0.2, 0.25) is 0 Å². The Morgan fingerprint density at radius 1 is 0.938 bits per heavy atom. The minimum atomic E-state index is -0.118. The van der Waals surface area contributed by atoms with Crippen LogP contribution in [0.3, 0.4) is 0 Å². The van der Waals surface area contributed by atoms with E-state index in [0.717, 1.165) is 16.3 Å². The lowest BCUT2D eigenvalue weighted by Crippen LogP contribution is -1.79. The highest BCUT2D eigenvalue weighted by molar-refractivity contribution is 7.25. The van der Waals surface area contributed by atoms with Crippen LogP contribution in [0.2, 0.25) is 0 Å². The molecule has 0 saturated carbocycles. The van der Waals surface area contributed by atoms with Crippen LogP contribution >= 0.6 is 11.3 Å². The van der Waals surface area contributed by atoms with E-state index in [-0.39, 0.29) is 5.82 Å². The zero-order valence-electron chi connectivity index (χ0n) is 9.17. The van der Waals surface area contributed by atoms with Crippen molar-refractivity contribution in [2.24, 2.45) is 0 Å². The smallest absolute Gasteiger partial charge is 0.126 e. The first-order valence-corrected chi connectivity index (χ1v) is 6.06. The molecule has 2 heteroatoms. The summed E-state index contributed by atoms with van der Waals surface area (Å²) in [6.07, 6.45) is 0. The maximum Gasteiger partial charge on any atom is 0.126 e. The first-order chi connectivity index (χ1) is 7.65. The van der Waals surface area contributed by atoms with E-state index in [2.05, 4.69) is 25.1 Å². The van der Waals surface area contributed by atoms with Crippen LogP contribution in [0, 0.1) is 19.7 Å². The molecule has 0 aliphatic carbocycles. The summed E-state index contributed by atoms with van der Waals surface area (Å²) >= 11 is 1.73. The fourth-order valence-electron chi connectivity index (χ4n) is 2.00. The Morgan fingerprint density at radius 2 is 1.69 bits per heavy atom. The van der Waals surface area contributed by atoms with Crippen LogP contribution in [0.5, 0.6) is 0 Å². The number of hydrogen-bond acceptors (Lipinski definition) is 1. The molecule has 1 heterocycles. The van der Waals surface area contributed by atoms with Crippen LogP contribution in [-0.4, -0.2) is 0 Å². The Morgan fingerprint density at radius 3 is 2.50 bits per heavy atom. The van der Waals surface area contributed by atoms with Crippen molar-refractivity contribution in [3.05, 3.63) is 47.3 Å². The second kappa shape index (κ2) is 3.29. The topological polar surface area (TPSA) is 0 Å². The van der Waals surface area contributed by atoms with Crippen molar-refractivity contribution in [2.75, 3.05) is 0 Å². The van der Waals surface area contributed by atoms with Gasteiger partial charge in [0.1, 0.15) is 5.82 Å². The molecule has 0 fully saturated rings. The van der Waals surface area contributed by atoms with Gasteiger partial charge >= 0.3 is 0 Å². The summed E-state index contributed by atoms with van der Waals surface area (Å²) in [5, 5.41) is 2.19. The Kier molecular flexibility index (Phi) is 2.01. The second-order valence-electron chi connectivity index (χ2n) is 4.20. The zero-order valence-corrected chi connectivity index (χ0v) is 9.99. The Hall–Kier alpha value is -1.41. The van der Waals surface area contributed by atoms with Gasteiger partial charge in [0.15, 0.2) is 0 Å². The normalized spacial score (nSPS) is 11.4. The Balaban J connectivity index is 2.51. The highest BCUT2D eigenvalue weighted by Crippen LogP contribution is 2.35. The summed E-state index contributed by atoms with van der Waals surface area (Å²) in [7, 11) is 0. The molecule has 0 N–H and O–H groups in total. The molecular weight excluding hydrogens is 219 g/mol. The number of fused-ring (bicyclic) bond motifs is 3. The highest BCUT2D eigenvalue weighted by atomic mass is 32.1. The van der Waals surface area contributed by atoms with Crippen LogP contribution in [0.25, 0.3) is 20.2 Å². The number of hydrogen-bond donors (Lipinski definition) is 0. The third-order valence-corrected chi connectivity index (χ3v) is 4.02. The lowest BCUT2D eigenvalue weighted by molar-refractivity contribution is 0.621. The molecule has 0 aliphatic heterocycles. The van der Waals surface area contributed by atoms with Gasteiger partial charge in [0.25, 0.3) is 0 Å². The number of halogens is 1. The predicted molar refractivity (Wildman–Crippen MR) is 68.8 cm³/mol. The Labute approximate surface area is 97.3 Å². The minimum absolute atomic E-state index is 0.118. The van der Waals surface area contributed by atoms with Gasteiger partial charge in [0.05, 0.1) is 0 Å². The van der Waals surface area contributed by atoms with Gasteiger partial charge in [-0.1, -0.05) is 12.1 Å². The summed E-state index contributed by atoms with van der Waals surface area (Å²) < 4.78 is 15.9. The van der Waals surface area contributed by atoms with Crippen molar-refractivity contribution in [3.63, 3.8) is 0 Å². The van der Waals surface area contributed by atoms with Gasteiger partial charge in [0, 0.05) is 20.2 Å². The van der Waals surface area contributed by atoms with Gasteiger partial charge in [-0.2, -0.15) is 0 Å². The summed E-state index contributed by atoms with van der Waals surface area (Å²) in [5.74, 6) is -0.118. The molecule has 0 bridgehead atoms. The molecule has 0 atom stereocenters.